The summed E-state index contributed by atoms with van der Waals surface area (Å²) < 4.78 is 5.04. The molecule has 100 valence electrons. The fourth-order valence-corrected chi connectivity index (χ4v) is 2.23. The van der Waals surface area contributed by atoms with Crippen molar-refractivity contribution in [1.29, 1.82) is 0 Å². The van der Waals surface area contributed by atoms with Gasteiger partial charge < -0.3 is 4.74 Å². The Labute approximate surface area is 115 Å². The second-order valence-electron chi connectivity index (χ2n) is 4.45. The predicted molar refractivity (Wildman–Crippen MR) is 71.4 cm³/mol. The predicted octanol–water partition coefficient (Wildman–Crippen LogP) is 1.89. The molecule has 2 amide bonds. The van der Waals surface area contributed by atoms with Crippen LogP contribution in [-0.4, -0.2) is 28.8 Å². The molecule has 1 aliphatic rings. The third-order valence-electron chi connectivity index (χ3n) is 3.23. The zero-order chi connectivity index (χ0) is 14.1. The number of nitrogens with zero attached hydrogens (tertiary/aromatic N) is 2. The number of rotatable bonds is 3. The average Bonchev–Trinajstić information content (AvgIpc) is 2.73. The second-order valence-corrected chi connectivity index (χ2v) is 4.45. The van der Waals surface area contributed by atoms with Gasteiger partial charge in [0.25, 0.3) is 11.8 Å². The Balaban J connectivity index is 1.89. The Bertz CT molecular complexity index is 662. The van der Waals surface area contributed by atoms with Crippen LogP contribution in [0.2, 0.25) is 0 Å². The van der Waals surface area contributed by atoms with Crippen molar-refractivity contribution >= 4 is 11.8 Å². The Morgan fingerprint density at radius 1 is 1.10 bits per heavy atom. The minimum Gasteiger partial charge on any atom is -0.481 e. The van der Waals surface area contributed by atoms with Crippen molar-refractivity contribution in [2.75, 3.05) is 7.11 Å². The Hall–Kier alpha value is -2.69. The Morgan fingerprint density at radius 2 is 1.75 bits per heavy atom. The number of hydrogen-bond acceptors (Lipinski definition) is 4. The lowest BCUT2D eigenvalue weighted by Gasteiger charge is -2.14. The third-order valence-corrected chi connectivity index (χ3v) is 3.23. The van der Waals surface area contributed by atoms with Gasteiger partial charge >= 0.3 is 0 Å². The molecule has 0 bridgehead atoms. The second kappa shape index (κ2) is 4.77. The van der Waals surface area contributed by atoms with Gasteiger partial charge in [0, 0.05) is 12.3 Å². The molecule has 0 saturated carbocycles. The van der Waals surface area contributed by atoms with Crippen molar-refractivity contribution in [1.82, 2.24) is 9.88 Å². The number of pyridine rings is 1. The first-order valence-corrected chi connectivity index (χ1v) is 6.15. The molecule has 0 spiro atoms. The van der Waals surface area contributed by atoms with Crippen LogP contribution in [0.15, 0.2) is 42.6 Å². The normalized spacial score (nSPS) is 13.6. The summed E-state index contributed by atoms with van der Waals surface area (Å²) in [5.41, 5.74) is 1.71. The smallest absolute Gasteiger partial charge is 0.261 e. The number of amides is 2. The van der Waals surface area contributed by atoms with Gasteiger partial charge in [0.2, 0.25) is 5.88 Å². The van der Waals surface area contributed by atoms with E-state index in [9.17, 15) is 9.59 Å². The highest BCUT2D eigenvalue weighted by atomic mass is 16.5. The van der Waals surface area contributed by atoms with E-state index in [-0.39, 0.29) is 18.4 Å². The molecular weight excluding hydrogens is 256 g/mol. The SMILES string of the molecule is COc1cc(CN2C(=O)c3ccccc3C2=O)ccn1. The molecule has 2 aromatic rings. The number of benzene rings is 1. The molecule has 0 unspecified atom stereocenters. The van der Waals surface area contributed by atoms with E-state index >= 15 is 0 Å². The highest BCUT2D eigenvalue weighted by molar-refractivity contribution is 6.21. The largest absolute Gasteiger partial charge is 0.481 e. The number of methoxy groups -OCH3 is 1. The van der Waals surface area contributed by atoms with Crippen LogP contribution in [0.5, 0.6) is 5.88 Å². The van der Waals surface area contributed by atoms with Gasteiger partial charge in [-0.15, -0.1) is 0 Å². The lowest BCUT2D eigenvalue weighted by atomic mass is 10.1. The molecular formula is C15H12N2O3. The summed E-state index contributed by atoms with van der Waals surface area (Å²) in [6, 6.07) is 10.3. The summed E-state index contributed by atoms with van der Waals surface area (Å²) in [6.07, 6.45) is 1.59. The van der Waals surface area contributed by atoms with E-state index in [2.05, 4.69) is 4.98 Å². The number of ether oxygens (including phenoxy) is 1. The van der Waals surface area contributed by atoms with Gasteiger partial charge in [0.1, 0.15) is 0 Å². The first kappa shape index (κ1) is 12.3. The molecule has 0 aliphatic carbocycles. The van der Waals surface area contributed by atoms with Gasteiger partial charge in [-0.1, -0.05) is 12.1 Å². The van der Waals surface area contributed by atoms with E-state index in [1.54, 1.807) is 42.6 Å². The average molecular weight is 268 g/mol. The van der Waals surface area contributed by atoms with Gasteiger partial charge in [0.15, 0.2) is 0 Å². The summed E-state index contributed by atoms with van der Waals surface area (Å²) in [4.78, 5) is 29.7. The zero-order valence-corrected chi connectivity index (χ0v) is 10.9. The number of hydrogen-bond donors (Lipinski definition) is 0. The van der Waals surface area contributed by atoms with Crippen LogP contribution in [0.25, 0.3) is 0 Å². The molecule has 20 heavy (non-hydrogen) atoms. The van der Waals surface area contributed by atoms with E-state index in [1.807, 2.05) is 0 Å². The Kier molecular flexibility index (Phi) is 2.95. The molecule has 3 rings (SSSR count). The summed E-state index contributed by atoms with van der Waals surface area (Å²) in [6.45, 7) is 0.214. The van der Waals surface area contributed by atoms with E-state index in [1.165, 1.54) is 12.0 Å². The van der Waals surface area contributed by atoms with Gasteiger partial charge in [-0.2, -0.15) is 0 Å². The number of aromatic nitrogens is 1. The van der Waals surface area contributed by atoms with Gasteiger partial charge in [0.05, 0.1) is 24.8 Å². The lowest BCUT2D eigenvalue weighted by Crippen LogP contribution is -2.29. The van der Waals surface area contributed by atoms with E-state index < -0.39 is 0 Å². The van der Waals surface area contributed by atoms with Gasteiger partial charge in [-0.05, 0) is 23.8 Å². The van der Waals surface area contributed by atoms with E-state index in [4.69, 9.17) is 4.74 Å². The van der Waals surface area contributed by atoms with E-state index in [0.717, 1.165) is 5.56 Å². The van der Waals surface area contributed by atoms with Crippen LogP contribution in [0, 0.1) is 0 Å². The first-order valence-electron chi connectivity index (χ1n) is 6.15. The van der Waals surface area contributed by atoms with Crippen molar-refractivity contribution < 1.29 is 14.3 Å². The molecule has 0 atom stereocenters. The van der Waals surface area contributed by atoms with Crippen molar-refractivity contribution in [2.45, 2.75) is 6.54 Å². The maximum absolute atomic E-state index is 12.2. The van der Waals surface area contributed by atoms with Crippen LogP contribution >= 0.6 is 0 Å². The van der Waals surface area contributed by atoms with Crippen molar-refractivity contribution in [3.8, 4) is 5.88 Å². The minimum atomic E-state index is -0.263. The standard InChI is InChI=1S/C15H12N2O3/c1-20-13-8-10(6-7-16-13)9-17-14(18)11-4-2-3-5-12(11)15(17)19/h2-8H,9H2,1H3. The number of carbonyl (C=O) groups is 2. The third kappa shape index (κ3) is 1.93. The maximum atomic E-state index is 12.2. The van der Waals surface area contributed by atoms with E-state index in [0.29, 0.717) is 17.0 Å². The highest BCUT2D eigenvalue weighted by Gasteiger charge is 2.34. The number of imide groups is 1. The van der Waals surface area contributed by atoms with Crippen LogP contribution in [0.1, 0.15) is 26.3 Å². The minimum absolute atomic E-state index is 0.214. The van der Waals surface area contributed by atoms with Crippen molar-refractivity contribution in [3.05, 3.63) is 59.3 Å². The van der Waals surface area contributed by atoms with Crippen LogP contribution in [-0.2, 0) is 6.54 Å². The first-order chi connectivity index (χ1) is 9.70. The zero-order valence-electron chi connectivity index (χ0n) is 10.9. The lowest BCUT2D eigenvalue weighted by molar-refractivity contribution is 0.0642. The summed E-state index contributed by atoms with van der Waals surface area (Å²) in [5, 5.41) is 0. The Morgan fingerprint density at radius 3 is 2.35 bits per heavy atom. The fraction of sp³-hybridized carbons (Fsp3) is 0.133. The quantitative estimate of drug-likeness (QED) is 0.797. The van der Waals surface area contributed by atoms with Crippen LogP contribution in [0.4, 0.5) is 0 Å². The maximum Gasteiger partial charge on any atom is 0.261 e. The number of fused-ring (bicyclic) bond motifs is 1. The highest BCUT2D eigenvalue weighted by Crippen LogP contribution is 2.24. The molecule has 5 nitrogen and oxygen atoms in total. The molecule has 1 aliphatic heterocycles. The van der Waals surface area contributed by atoms with Gasteiger partial charge in [-0.25, -0.2) is 4.98 Å². The number of carbonyl (C=O) groups excluding carboxylic acids is 2. The summed E-state index contributed by atoms with van der Waals surface area (Å²) in [5.74, 6) is -0.0677. The summed E-state index contributed by atoms with van der Waals surface area (Å²) >= 11 is 0. The van der Waals surface area contributed by atoms with Crippen molar-refractivity contribution in [2.24, 2.45) is 0 Å². The molecule has 0 fully saturated rings. The fourth-order valence-electron chi connectivity index (χ4n) is 2.23. The molecule has 0 radical (unpaired) electrons. The van der Waals surface area contributed by atoms with Crippen molar-refractivity contribution in [3.63, 3.8) is 0 Å². The molecule has 5 heteroatoms. The van der Waals surface area contributed by atoms with Gasteiger partial charge in [-0.3, -0.25) is 14.5 Å². The molecule has 0 saturated heterocycles. The monoisotopic (exact) mass is 268 g/mol. The summed E-state index contributed by atoms with van der Waals surface area (Å²) in [7, 11) is 1.52. The topological polar surface area (TPSA) is 59.5 Å². The molecule has 1 aromatic carbocycles. The van der Waals surface area contributed by atoms with Crippen LogP contribution in [0.3, 0.4) is 0 Å². The molecule has 1 aromatic heterocycles. The molecule has 0 N–H and O–H groups in total. The molecule has 2 heterocycles. The van der Waals surface area contributed by atoms with Crippen LogP contribution < -0.4 is 4.74 Å².